The van der Waals surface area contributed by atoms with E-state index in [1.54, 1.807) is 11.0 Å². The van der Waals surface area contributed by atoms with Crippen molar-refractivity contribution >= 4 is 17.6 Å². The standard InChI is InChI=1S/C21H22F4N4O2/c22-17-4-1-3-15(11-17)12-19(30)27-14-20(31)29-8-2-7-28(9-10-29)18-6-5-16(13-26-18)21(23,24)25/h1,3-6,11,13H,2,7-10,12,14H2,(H,27,30). The fraction of sp³-hybridized carbons (Fsp3) is 0.381. The maximum absolute atomic E-state index is 13.2. The van der Waals surface area contributed by atoms with E-state index in [0.717, 1.165) is 12.3 Å². The van der Waals surface area contributed by atoms with E-state index in [0.29, 0.717) is 44.0 Å². The molecule has 0 saturated carbocycles. The normalized spacial score (nSPS) is 14.8. The van der Waals surface area contributed by atoms with Crippen molar-refractivity contribution < 1.29 is 27.2 Å². The van der Waals surface area contributed by atoms with Crippen LogP contribution in [0.15, 0.2) is 42.6 Å². The third kappa shape index (κ3) is 6.40. The summed E-state index contributed by atoms with van der Waals surface area (Å²) in [6.45, 7) is 1.62. The summed E-state index contributed by atoms with van der Waals surface area (Å²) in [5.74, 6) is -0.650. The predicted octanol–water partition coefficient (Wildman–Crippen LogP) is 2.64. The Morgan fingerprint density at radius 3 is 2.55 bits per heavy atom. The largest absolute Gasteiger partial charge is 0.417 e. The molecule has 0 radical (unpaired) electrons. The molecule has 0 atom stereocenters. The van der Waals surface area contributed by atoms with Gasteiger partial charge in [0.15, 0.2) is 0 Å². The summed E-state index contributed by atoms with van der Waals surface area (Å²) in [6.07, 6.45) is -3.05. The number of anilines is 1. The fourth-order valence-electron chi connectivity index (χ4n) is 3.32. The molecule has 1 aromatic carbocycles. The summed E-state index contributed by atoms with van der Waals surface area (Å²) in [5, 5.41) is 2.55. The molecule has 3 rings (SSSR count). The van der Waals surface area contributed by atoms with Gasteiger partial charge in [-0.3, -0.25) is 9.59 Å². The number of hydrogen-bond acceptors (Lipinski definition) is 4. The third-order valence-corrected chi connectivity index (χ3v) is 4.94. The zero-order chi connectivity index (χ0) is 22.4. The van der Waals surface area contributed by atoms with Crippen molar-refractivity contribution in [3.8, 4) is 0 Å². The van der Waals surface area contributed by atoms with Gasteiger partial charge in [0.05, 0.1) is 18.5 Å². The van der Waals surface area contributed by atoms with Crippen molar-refractivity contribution in [2.45, 2.75) is 19.0 Å². The number of amides is 2. The molecule has 2 amide bonds. The quantitative estimate of drug-likeness (QED) is 0.729. The van der Waals surface area contributed by atoms with Crippen molar-refractivity contribution in [1.29, 1.82) is 0 Å². The van der Waals surface area contributed by atoms with E-state index >= 15 is 0 Å². The second kappa shape index (κ2) is 9.76. The Labute approximate surface area is 176 Å². The van der Waals surface area contributed by atoms with Crippen LogP contribution in [0, 0.1) is 5.82 Å². The number of nitrogens with one attached hydrogen (secondary N) is 1. The molecule has 1 aliphatic rings. The Hall–Kier alpha value is -3.17. The van der Waals surface area contributed by atoms with Crippen LogP contribution in [0.5, 0.6) is 0 Å². The molecule has 2 heterocycles. The maximum atomic E-state index is 13.2. The highest BCUT2D eigenvalue weighted by molar-refractivity contribution is 5.85. The van der Waals surface area contributed by atoms with E-state index < -0.39 is 17.6 Å². The predicted molar refractivity (Wildman–Crippen MR) is 106 cm³/mol. The summed E-state index contributed by atoms with van der Waals surface area (Å²) in [5.41, 5.74) is -0.295. The number of carbonyl (C=O) groups excluding carboxylic acids is 2. The summed E-state index contributed by atoms with van der Waals surface area (Å²) in [6, 6.07) is 8.01. The fourth-order valence-corrected chi connectivity index (χ4v) is 3.32. The number of aromatic nitrogens is 1. The van der Waals surface area contributed by atoms with Crippen LogP contribution in [0.2, 0.25) is 0 Å². The lowest BCUT2D eigenvalue weighted by Crippen LogP contribution is -2.42. The lowest BCUT2D eigenvalue weighted by atomic mass is 10.1. The van der Waals surface area contributed by atoms with Gasteiger partial charge in [0.25, 0.3) is 0 Å². The molecule has 1 saturated heterocycles. The van der Waals surface area contributed by atoms with Crippen molar-refractivity contribution in [2.24, 2.45) is 0 Å². The van der Waals surface area contributed by atoms with Crippen molar-refractivity contribution in [1.82, 2.24) is 15.2 Å². The zero-order valence-corrected chi connectivity index (χ0v) is 16.7. The van der Waals surface area contributed by atoms with Gasteiger partial charge in [-0.15, -0.1) is 0 Å². The zero-order valence-electron chi connectivity index (χ0n) is 16.7. The number of halogens is 4. The van der Waals surface area contributed by atoms with Crippen molar-refractivity contribution in [2.75, 3.05) is 37.6 Å². The summed E-state index contributed by atoms with van der Waals surface area (Å²) < 4.78 is 51.3. The molecule has 0 spiro atoms. The SMILES string of the molecule is O=C(Cc1cccc(F)c1)NCC(=O)N1CCCN(c2ccc(C(F)(F)F)cn2)CC1. The highest BCUT2D eigenvalue weighted by Gasteiger charge is 2.31. The van der Waals surface area contributed by atoms with Crippen LogP contribution >= 0.6 is 0 Å². The average molecular weight is 438 g/mol. The van der Waals surface area contributed by atoms with Gasteiger partial charge in [-0.2, -0.15) is 13.2 Å². The molecule has 2 aromatic rings. The Kier molecular flexibility index (Phi) is 7.09. The van der Waals surface area contributed by atoms with Crippen LogP contribution in [0.1, 0.15) is 17.5 Å². The molecule has 1 aliphatic heterocycles. The Balaban J connectivity index is 1.48. The molecule has 10 heteroatoms. The first-order valence-electron chi connectivity index (χ1n) is 9.79. The van der Waals surface area contributed by atoms with E-state index in [2.05, 4.69) is 10.3 Å². The minimum absolute atomic E-state index is 0.0294. The Morgan fingerprint density at radius 2 is 1.87 bits per heavy atom. The van der Waals surface area contributed by atoms with Crippen LogP contribution in [0.3, 0.4) is 0 Å². The number of nitrogens with zero attached hydrogens (tertiary/aromatic N) is 3. The van der Waals surface area contributed by atoms with Crippen LogP contribution < -0.4 is 10.2 Å². The van der Waals surface area contributed by atoms with Gasteiger partial charge in [0.1, 0.15) is 11.6 Å². The van der Waals surface area contributed by atoms with Crippen molar-refractivity contribution in [3.05, 3.63) is 59.5 Å². The second-order valence-corrected chi connectivity index (χ2v) is 7.21. The van der Waals surface area contributed by atoms with Crippen LogP contribution in [0.4, 0.5) is 23.4 Å². The lowest BCUT2D eigenvalue weighted by molar-refractivity contribution is -0.137. The minimum Gasteiger partial charge on any atom is -0.355 e. The first-order chi connectivity index (χ1) is 14.7. The molecule has 1 N–H and O–H groups in total. The molecular weight excluding hydrogens is 416 g/mol. The highest BCUT2D eigenvalue weighted by Crippen LogP contribution is 2.29. The number of pyridine rings is 1. The summed E-state index contributed by atoms with van der Waals surface area (Å²) in [4.78, 5) is 31.8. The van der Waals surface area contributed by atoms with Gasteiger partial charge < -0.3 is 15.1 Å². The van der Waals surface area contributed by atoms with E-state index in [9.17, 15) is 27.2 Å². The number of alkyl halides is 3. The molecule has 6 nitrogen and oxygen atoms in total. The Bertz CT molecular complexity index is 918. The first kappa shape index (κ1) is 22.5. The average Bonchev–Trinajstić information content (AvgIpc) is 2.98. The topological polar surface area (TPSA) is 65.5 Å². The number of benzene rings is 1. The number of hydrogen-bond donors (Lipinski definition) is 1. The van der Waals surface area contributed by atoms with Gasteiger partial charge in [0.2, 0.25) is 11.8 Å². The van der Waals surface area contributed by atoms with Gasteiger partial charge in [-0.25, -0.2) is 9.37 Å². The molecule has 1 fully saturated rings. The highest BCUT2D eigenvalue weighted by atomic mass is 19.4. The molecule has 1 aromatic heterocycles. The maximum Gasteiger partial charge on any atom is 0.417 e. The second-order valence-electron chi connectivity index (χ2n) is 7.21. The lowest BCUT2D eigenvalue weighted by Gasteiger charge is -2.23. The van der Waals surface area contributed by atoms with Crippen LogP contribution in [-0.2, 0) is 22.2 Å². The van der Waals surface area contributed by atoms with E-state index in [1.165, 1.54) is 24.3 Å². The van der Waals surface area contributed by atoms with Crippen LogP contribution in [0.25, 0.3) is 0 Å². The first-order valence-corrected chi connectivity index (χ1v) is 9.79. The Morgan fingerprint density at radius 1 is 1.06 bits per heavy atom. The van der Waals surface area contributed by atoms with Crippen molar-refractivity contribution in [3.63, 3.8) is 0 Å². The molecule has 31 heavy (non-hydrogen) atoms. The monoisotopic (exact) mass is 438 g/mol. The number of carbonyl (C=O) groups is 2. The van der Waals surface area contributed by atoms with E-state index in [-0.39, 0.29) is 24.8 Å². The van der Waals surface area contributed by atoms with Gasteiger partial charge in [0, 0.05) is 32.4 Å². The van der Waals surface area contributed by atoms with E-state index in [1.807, 2.05) is 4.90 Å². The molecule has 166 valence electrons. The van der Waals surface area contributed by atoms with E-state index in [4.69, 9.17) is 0 Å². The molecular formula is C21H22F4N4O2. The molecule has 0 aliphatic carbocycles. The van der Waals surface area contributed by atoms with Gasteiger partial charge in [-0.05, 0) is 36.2 Å². The summed E-state index contributed by atoms with van der Waals surface area (Å²) >= 11 is 0. The van der Waals surface area contributed by atoms with Crippen LogP contribution in [-0.4, -0.2) is 54.4 Å². The number of rotatable bonds is 5. The smallest absolute Gasteiger partial charge is 0.355 e. The third-order valence-electron chi connectivity index (χ3n) is 4.94. The molecule has 0 bridgehead atoms. The summed E-state index contributed by atoms with van der Waals surface area (Å²) in [7, 11) is 0. The molecule has 0 unspecified atom stereocenters. The minimum atomic E-state index is -4.44. The van der Waals surface area contributed by atoms with Gasteiger partial charge in [-0.1, -0.05) is 12.1 Å². The van der Waals surface area contributed by atoms with Gasteiger partial charge >= 0.3 is 6.18 Å².